The SMILES string of the molecule is COC1CCC2C(=O)NOC2C1. The Balaban J connectivity index is 1.99. The molecule has 12 heavy (non-hydrogen) atoms. The summed E-state index contributed by atoms with van der Waals surface area (Å²) in [7, 11) is 1.70. The Morgan fingerprint density at radius 3 is 3.17 bits per heavy atom. The summed E-state index contributed by atoms with van der Waals surface area (Å²) < 4.78 is 5.22. The van der Waals surface area contributed by atoms with E-state index in [1.165, 1.54) is 0 Å². The van der Waals surface area contributed by atoms with Gasteiger partial charge in [-0.2, -0.15) is 0 Å². The molecule has 1 saturated heterocycles. The van der Waals surface area contributed by atoms with Crippen LogP contribution >= 0.6 is 0 Å². The third kappa shape index (κ3) is 1.21. The summed E-state index contributed by atoms with van der Waals surface area (Å²) >= 11 is 0. The molecule has 3 atom stereocenters. The standard InChI is InChI=1S/C8H13NO3/c1-11-5-2-3-6-7(4-5)12-9-8(6)10/h5-7H,2-4H2,1H3,(H,9,10). The van der Waals surface area contributed by atoms with E-state index in [2.05, 4.69) is 5.48 Å². The smallest absolute Gasteiger partial charge is 0.249 e. The molecule has 68 valence electrons. The molecule has 1 heterocycles. The normalized spacial score (nSPS) is 40.8. The van der Waals surface area contributed by atoms with Crippen LogP contribution in [-0.2, 0) is 14.4 Å². The molecule has 0 radical (unpaired) electrons. The highest BCUT2D eigenvalue weighted by atomic mass is 16.7. The maximum atomic E-state index is 11.1. The van der Waals surface area contributed by atoms with Gasteiger partial charge in [-0.25, -0.2) is 5.48 Å². The van der Waals surface area contributed by atoms with Crippen molar-refractivity contribution in [2.45, 2.75) is 31.5 Å². The Morgan fingerprint density at radius 2 is 2.42 bits per heavy atom. The molecule has 0 bridgehead atoms. The average Bonchev–Trinajstić information content (AvgIpc) is 2.47. The van der Waals surface area contributed by atoms with Crippen molar-refractivity contribution in [1.29, 1.82) is 0 Å². The van der Waals surface area contributed by atoms with Crippen molar-refractivity contribution in [2.75, 3.05) is 7.11 Å². The first-order valence-electron chi connectivity index (χ1n) is 4.29. The first kappa shape index (κ1) is 8.01. The number of hydroxylamine groups is 1. The van der Waals surface area contributed by atoms with E-state index in [1.807, 2.05) is 0 Å². The van der Waals surface area contributed by atoms with Crippen LogP contribution in [0, 0.1) is 5.92 Å². The average molecular weight is 171 g/mol. The van der Waals surface area contributed by atoms with Crippen molar-refractivity contribution in [3.8, 4) is 0 Å². The molecule has 4 nitrogen and oxygen atoms in total. The Morgan fingerprint density at radius 1 is 1.58 bits per heavy atom. The van der Waals surface area contributed by atoms with Gasteiger partial charge in [0.2, 0.25) is 5.91 Å². The molecule has 0 aromatic carbocycles. The first-order chi connectivity index (χ1) is 5.81. The van der Waals surface area contributed by atoms with Crippen LogP contribution < -0.4 is 5.48 Å². The van der Waals surface area contributed by atoms with Crippen LogP contribution in [0.5, 0.6) is 0 Å². The maximum absolute atomic E-state index is 11.1. The molecule has 0 spiro atoms. The minimum Gasteiger partial charge on any atom is -0.381 e. The van der Waals surface area contributed by atoms with E-state index in [0.29, 0.717) is 0 Å². The molecule has 3 unspecified atom stereocenters. The summed E-state index contributed by atoms with van der Waals surface area (Å²) in [4.78, 5) is 16.2. The van der Waals surface area contributed by atoms with Gasteiger partial charge in [0.25, 0.3) is 0 Å². The lowest BCUT2D eigenvalue weighted by Crippen LogP contribution is -2.32. The van der Waals surface area contributed by atoms with Gasteiger partial charge in [0.05, 0.1) is 18.1 Å². The van der Waals surface area contributed by atoms with Gasteiger partial charge in [0.15, 0.2) is 0 Å². The minimum absolute atomic E-state index is 0.0366. The second-order valence-corrected chi connectivity index (χ2v) is 3.40. The molecule has 2 aliphatic rings. The number of nitrogens with one attached hydrogen (secondary N) is 1. The molecule has 1 N–H and O–H groups in total. The van der Waals surface area contributed by atoms with E-state index in [-0.39, 0.29) is 24.0 Å². The molecule has 0 aromatic heterocycles. The highest BCUT2D eigenvalue weighted by molar-refractivity contribution is 5.79. The van der Waals surface area contributed by atoms with Gasteiger partial charge < -0.3 is 4.74 Å². The molecule has 1 aliphatic carbocycles. The second kappa shape index (κ2) is 3.03. The van der Waals surface area contributed by atoms with Gasteiger partial charge in [-0.1, -0.05) is 0 Å². The van der Waals surface area contributed by atoms with E-state index in [0.717, 1.165) is 19.3 Å². The van der Waals surface area contributed by atoms with Crippen LogP contribution in [0.25, 0.3) is 0 Å². The zero-order valence-electron chi connectivity index (χ0n) is 7.08. The Kier molecular flexibility index (Phi) is 2.02. The van der Waals surface area contributed by atoms with E-state index in [4.69, 9.17) is 9.57 Å². The second-order valence-electron chi connectivity index (χ2n) is 3.40. The summed E-state index contributed by atoms with van der Waals surface area (Å²) in [5.41, 5.74) is 2.41. The number of rotatable bonds is 1. The van der Waals surface area contributed by atoms with Gasteiger partial charge in [-0.05, 0) is 12.8 Å². The number of ether oxygens (including phenoxy) is 1. The molecular formula is C8H13NO3. The van der Waals surface area contributed by atoms with Crippen LogP contribution in [-0.4, -0.2) is 25.2 Å². The van der Waals surface area contributed by atoms with Gasteiger partial charge in [0, 0.05) is 13.5 Å². The topological polar surface area (TPSA) is 47.6 Å². The van der Waals surface area contributed by atoms with Crippen LogP contribution in [0.15, 0.2) is 0 Å². The lowest BCUT2D eigenvalue weighted by atomic mass is 9.85. The van der Waals surface area contributed by atoms with E-state index in [1.54, 1.807) is 7.11 Å². The largest absolute Gasteiger partial charge is 0.381 e. The quantitative estimate of drug-likeness (QED) is 0.614. The van der Waals surface area contributed by atoms with Crippen LogP contribution in [0.2, 0.25) is 0 Å². The first-order valence-corrected chi connectivity index (χ1v) is 4.29. The molecule has 1 amide bonds. The monoisotopic (exact) mass is 171 g/mol. The summed E-state index contributed by atoms with van der Waals surface area (Å²) in [6.45, 7) is 0. The Hall–Kier alpha value is -0.610. The molecular weight excluding hydrogens is 158 g/mol. The molecule has 1 saturated carbocycles. The summed E-state index contributed by atoms with van der Waals surface area (Å²) in [5.74, 6) is 0.103. The highest BCUT2D eigenvalue weighted by Crippen LogP contribution is 2.31. The predicted molar refractivity (Wildman–Crippen MR) is 41.2 cm³/mol. The number of fused-ring (bicyclic) bond motifs is 1. The number of hydrogen-bond donors (Lipinski definition) is 1. The van der Waals surface area contributed by atoms with Crippen LogP contribution in [0.1, 0.15) is 19.3 Å². The van der Waals surface area contributed by atoms with E-state index < -0.39 is 0 Å². The molecule has 4 heteroatoms. The third-order valence-corrected chi connectivity index (χ3v) is 2.72. The minimum atomic E-state index is 0.0366. The predicted octanol–water partition coefficient (Wildman–Crippen LogP) is 0.232. The fraction of sp³-hybridized carbons (Fsp3) is 0.875. The highest BCUT2D eigenvalue weighted by Gasteiger charge is 2.41. The number of methoxy groups -OCH3 is 1. The fourth-order valence-electron chi connectivity index (χ4n) is 1.95. The van der Waals surface area contributed by atoms with Gasteiger partial charge in [0.1, 0.15) is 0 Å². The van der Waals surface area contributed by atoms with Crippen molar-refractivity contribution in [1.82, 2.24) is 5.48 Å². The summed E-state index contributed by atoms with van der Waals surface area (Å²) in [6.07, 6.45) is 2.98. The van der Waals surface area contributed by atoms with Crippen molar-refractivity contribution in [3.63, 3.8) is 0 Å². The number of amides is 1. The van der Waals surface area contributed by atoms with E-state index in [9.17, 15) is 4.79 Å². The fourth-order valence-corrected chi connectivity index (χ4v) is 1.95. The van der Waals surface area contributed by atoms with Crippen molar-refractivity contribution in [3.05, 3.63) is 0 Å². The molecule has 0 aromatic rings. The molecule has 2 fully saturated rings. The zero-order valence-corrected chi connectivity index (χ0v) is 7.08. The molecule has 2 rings (SSSR count). The van der Waals surface area contributed by atoms with Gasteiger partial charge in [-0.15, -0.1) is 0 Å². The lowest BCUT2D eigenvalue weighted by Gasteiger charge is -2.27. The zero-order chi connectivity index (χ0) is 8.55. The van der Waals surface area contributed by atoms with Gasteiger partial charge in [-0.3, -0.25) is 9.63 Å². The number of carbonyl (C=O) groups is 1. The number of carbonyl (C=O) groups excluding carboxylic acids is 1. The number of hydrogen-bond acceptors (Lipinski definition) is 3. The summed E-state index contributed by atoms with van der Waals surface area (Å²) in [6, 6.07) is 0. The molecule has 1 aliphatic heterocycles. The summed E-state index contributed by atoms with van der Waals surface area (Å²) in [5, 5.41) is 0. The van der Waals surface area contributed by atoms with E-state index >= 15 is 0 Å². The Bertz CT molecular complexity index is 195. The Labute approximate surface area is 71.2 Å². The van der Waals surface area contributed by atoms with Crippen LogP contribution in [0.3, 0.4) is 0 Å². The third-order valence-electron chi connectivity index (χ3n) is 2.72. The van der Waals surface area contributed by atoms with Gasteiger partial charge >= 0.3 is 0 Å². The maximum Gasteiger partial charge on any atom is 0.249 e. The lowest BCUT2D eigenvalue weighted by molar-refractivity contribution is -0.126. The van der Waals surface area contributed by atoms with Crippen molar-refractivity contribution >= 4 is 5.91 Å². The van der Waals surface area contributed by atoms with Crippen molar-refractivity contribution < 1.29 is 14.4 Å². The van der Waals surface area contributed by atoms with Crippen molar-refractivity contribution in [2.24, 2.45) is 5.92 Å². The van der Waals surface area contributed by atoms with Crippen LogP contribution in [0.4, 0.5) is 0 Å².